The fourth-order valence-electron chi connectivity index (χ4n) is 4.36. The van der Waals surface area contributed by atoms with Crippen molar-refractivity contribution in [3.05, 3.63) is 41.7 Å². The van der Waals surface area contributed by atoms with Crippen LogP contribution in [-0.4, -0.2) is 23.0 Å². The van der Waals surface area contributed by atoms with Gasteiger partial charge in [-0.25, -0.2) is 4.39 Å². The van der Waals surface area contributed by atoms with Crippen LogP contribution in [0.5, 0.6) is 0 Å². The van der Waals surface area contributed by atoms with Crippen LogP contribution in [0.1, 0.15) is 26.2 Å². The van der Waals surface area contributed by atoms with Crippen LogP contribution in [0.3, 0.4) is 0 Å². The van der Waals surface area contributed by atoms with E-state index < -0.39 is 5.60 Å². The van der Waals surface area contributed by atoms with Gasteiger partial charge in [-0.1, -0.05) is 24.5 Å². The molecule has 1 heterocycles. The zero-order valence-corrected chi connectivity index (χ0v) is 14.9. The third-order valence-electron chi connectivity index (χ3n) is 5.84. The van der Waals surface area contributed by atoms with Gasteiger partial charge in [0.1, 0.15) is 11.4 Å². The molecule has 4 rings (SSSR count). The highest BCUT2D eigenvalue weighted by Gasteiger charge is 2.57. The Kier molecular flexibility index (Phi) is 3.59. The molecule has 0 saturated heterocycles. The lowest BCUT2D eigenvalue weighted by Crippen LogP contribution is -2.47. The van der Waals surface area contributed by atoms with E-state index >= 15 is 0 Å². The van der Waals surface area contributed by atoms with Gasteiger partial charge in [-0.2, -0.15) is 5.10 Å². The highest BCUT2D eigenvalue weighted by Crippen LogP contribution is 2.57. The molecule has 5 heteroatoms. The summed E-state index contributed by atoms with van der Waals surface area (Å²) in [5, 5.41) is 17.5. The molecule has 2 unspecified atom stereocenters. The first-order valence-corrected chi connectivity index (χ1v) is 8.91. The van der Waals surface area contributed by atoms with E-state index in [0.717, 1.165) is 18.5 Å². The number of hydrazone groups is 1. The maximum atomic E-state index is 13.2. The Bertz CT molecular complexity index is 794. The van der Waals surface area contributed by atoms with Crippen molar-refractivity contribution in [2.45, 2.75) is 37.8 Å². The molecule has 0 aromatic heterocycles. The number of halogens is 2. The molecule has 24 heavy (non-hydrogen) atoms. The van der Waals surface area contributed by atoms with Crippen molar-refractivity contribution in [2.24, 2.45) is 16.4 Å². The Morgan fingerprint density at radius 1 is 1.38 bits per heavy atom. The highest BCUT2D eigenvalue weighted by atomic mass is 79.9. The minimum atomic E-state index is -0.996. The Labute approximate surface area is 149 Å². The number of benzene rings is 1. The molecular weight excluding hydrogens is 371 g/mol. The SMILES string of the molecule is C[C@]12CC3C=NN(c4ccc(F)cc4)C3C=C1CC[C@@]2(O)C#CBr. The van der Waals surface area contributed by atoms with E-state index in [1.54, 1.807) is 12.1 Å². The molecule has 0 bridgehead atoms. The van der Waals surface area contributed by atoms with Crippen LogP contribution in [0.25, 0.3) is 0 Å². The smallest absolute Gasteiger partial charge is 0.135 e. The normalized spacial score (nSPS) is 36.7. The predicted molar refractivity (Wildman–Crippen MR) is 96.3 cm³/mol. The second kappa shape index (κ2) is 5.44. The summed E-state index contributed by atoms with van der Waals surface area (Å²) in [6.07, 6.45) is 6.49. The minimum absolute atomic E-state index is 0.123. The van der Waals surface area contributed by atoms with Gasteiger partial charge < -0.3 is 5.11 Å². The molecule has 2 aliphatic carbocycles. The molecule has 0 spiro atoms. The van der Waals surface area contributed by atoms with Crippen LogP contribution < -0.4 is 5.01 Å². The lowest BCUT2D eigenvalue weighted by atomic mass is 9.64. The van der Waals surface area contributed by atoms with Crippen LogP contribution in [-0.2, 0) is 0 Å². The fraction of sp³-hybridized carbons (Fsp3) is 0.421. The van der Waals surface area contributed by atoms with E-state index in [1.165, 1.54) is 17.7 Å². The fourth-order valence-corrected chi connectivity index (χ4v) is 4.69. The third kappa shape index (κ3) is 2.17. The third-order valence-corrected chi connectivity index (χ3v) is 6.04. The van der Waals surface area contributed by atoms with E-state index in [9.17, 15) is 9.50 Å². The van der Waals surface area contributed by atoms with E-state index in [0.29, 0.717) is 6.42 Å². The van der Waals surface area contributed by atoms with Crippen molar-refractivity contribution in [3.8, 4) is 10.8 Å². The number of hydrogen-bond acceptors (Lipinski definition) is 3. The van der Waals surface area contributed by atoms with Crippen LogP contribution >= 0.6 is 15.9 Å². The topological polar surface area (TPSA) is 35.8 Å². The van der Waals surface area contributed by atoms with Gasteiger partial charge in [0.05, 0.1) is 11.7 Å². The zero-order valence-electron chi connectivity index (χ0n) is 13.3. The molecule has 124 valence electrons. The molecule has 1 aromatic rings. The van der Waals surface area contributed by atoms with E-state index in [1.807, 2.05) is 11.2 Å². The van der Waals surface area contributed by atoms with Gasteiger partial charge in [-0.05, 0) is 48.4 Å². The summed E-state index contributed by atoms with van der Waals surface area (Å²) in [5.74, 6) is 2.94. The van der Waals surface area contributed by atoms with Crippen molar-refractivity contribution >= 4 is 27.8 Å². The Balaban J connectivity index is 1.70. The molecule has 1 aromatic carbocycles. The maximum Gasteiger partial charge on any atom is 0.135 e. The first kappa shape index (κ1) is 15.9. The van der Waals surface area contributed by atoms with E-state index in [4.69, 9.17) is 0 Å². The number of rotatable bonds is 1. The van der Waals surface area contributed by atoms with Crippen LogP contribution in [0, 0.1) is 27.9 Å². The van der Waals surface area contributed by atoms with Crippen molar-refractivity contribution < 1.29 is 9.50 Å². The first-order valence-electron chi connectivity index (χ1n) is 8.12. The molecule has 1 N–H and O–H groups in total. The number of hydrogen-bond donors (Lipinski definition) is 1. The second-order valence-corrected chi connectivity index (χ2v) is 7.44. The van der Waals surface area contributed by atoms with Crippen molar-refractivity contribution in [2.75, 3.05) is 5.01 Å². The van der Waals surface area contributed by atoms with Crippen LogP contribution in [0.15, 0.2) is 41.0 Å². The molecular formula is C19H18BrFN2O. The Hall–Kier alpha value is -1.64. The zero-order chi connectivity index (χ0) is 16.9. The lowest BCUT2D eigenvalue weighted by molar-refractivity contribution is 0.00323. The van der Waals surface area contributed by atoms with Gasteiger partial charge >= 0.3 is 0 Å². The average Bonchev–Trinajstić information content (AvgIpc) is 3.06. The summed E-state index contributed by atoms with van der Waals surface area (Å²) in [6, 6.07) is 6.54. The van der Waals surface area contributed by atoms with Gasteiger partial charge in [0, 0.05) is 33.5 Å². The Morgan fingerprint density at radius 3 is 2.83 bits per heavy atom. The largest absolute Gasteiger partial charge is 0.377 e. The maximum absolute atomic E-state index is 13.2. The Morgan fingerprint density at radius 2 is 2.12 bits per heavy atom. The van der Waals surface area contributed by atoms with Gasteiger partial charge in [-0.3, -0.25) is 5.01 Å². The minimum Gasteiger partial charge on any atom is -0.377 e. The van der Waals surface area contributed by atoms with Crippen LogP contribution in [0.4, 0.5) is 10.1 Å². The standard InChI is InChI=1S/C19H18BrFN2O/c1-18-11-13-12-22-23(16-4-2-15(21)3-5-16)17(13)10-14(18)6-7-19(18,24)8-9-20/h2-5,10,12-13,17,24H,6-7,11H2,1H3/t13?,17?,18-,19+/m0/s1. The highest BCUT2D eigenvalue weighted by molar-refractivity contribution is 9.12. The molecule has 4 atom stereocenters. The van der Waals surface area contributed by atoms with Crippen LogP contribution in [0.2, 0.25) is 0 Å². The van der Waals surface area contributed by atoms with E-state index in [2.05, 4.69) is 44.8 Å². The molecule has 1 aliphatic heterocycles. The van der Waals surface area contributed by atoms with Crippen molar-refractivity contribution in [1.82, 2.24) is 0 Å². The quantitative estimate of drug-likeness (QED) is 0.586. The lowest BCUT2D eigenvalue weighted by Gasteiger charge is -2.43. The van der Waals surface area contributed by atoms with Gasteiger partial charge in [0.15, 0.2) is 0 Å². The van der Waals surface area contributed by atoms with Crippen molar-refractivity contribution in [3.63, 3.8) is 0 Å². The van der Waals surface area contributed by atoms with Crippen molar-refractivity contribution in [1.29, 1.82) is 0 Å². The summed E-state index contributed by atoms with van der Waals surface area (Å²) < 4.78 is 13.2. The summed E-state index contributed by atoms with van der Waals surface area (Å²) >= 11 is 3.13. The van der Waals surface area contributed by atoms with Gasteiger partial charge in [-0.15, -0.1) is 0 Å². The monoisotopic (exact) mass is 388 g/mol. The second-order valence-electron chi connectivity index (χ2n) is 7.05. The number of fused-ring (bicyclic) bond motifs is 2. The van der Waals surface area contributed by atoms with Gasteiger partial charge in [0.25, 0.3) is 0 Å². The molecule has 3 nitrogen and oxygen atoms in total. The predicted octanol–water partition coefficient (Wildman–Crippen LogP) is 3.83. The molecule has 0 radical (unpaired) electrons. The van der Waals surface area contributed by atoms with E-state index in [-0.39, 0.29) is 23.2 Å². The number of anilines is 1. The molecule has 3 aliphatic rings. The summed E-state index contributed by atoms with van der Waals surface area (Å²) in [4.78, 5) is 2.71. The first-order chi connectivity index (χ1) is 11.5. The summed E-state index contributed by atoms with van der Waals surface area (Å²) in [5.41, 5.74) is 0.790. The molecule has 1 fully saturated rings. The number of nitrogens with zero attached hydrogens (tertiary/aromatic N) is 2. The van der Waals surface area contributed by atoms with Gasteiger partial charge in [0.2, 0.25) is 0 Å². The average molecular weight is 389 g/mol. The number of aliphatic hydroxyl groups is 1. The summed E-state index contributed by atoms with van der Waals surface area (Å²) in [6.45, 7) is 2.10. The molecule has 0 amide bonds. The molecule has 1 saturated carbocycles. The summed E-state index contributed by atoms with van der Waals surface area (Å²) in [7, 11) is 0.